The van der Waals surface area contributed by atoms with Gasteiger partial charge in [0, 0.05) is 56.1 Å². The molecule has 1 heterocycles. The molecule has 0 bridgehead atoms. The summed E-state index contributed by atoms with van der Waals surface area (Å²) in [6.45, 7) is 10.3. The number of anilines is 1. The molecule has 2 aromatic carbocycles. The monoisotopic (exact) mass is 423 g/mol. The lowest BCUT2D eigenvalue weighted by Gasteiger charge is -2.35. The summed E-state index contributed by atoms with van der Waals surface area (Å²) < 4.78 is 5.34. The van der Waals surface area contributed by atoms with Crippen molar-refractivity contribution in [1.82, 2.24) is 9.80 Å². The van der Waals surface area contributed by atoms with Crippen LogP contribution in [0.4, 0.5) is 5.69 Å². The van der Waals surface area contributed by atoms with Crippen LogP contribution in [0.2, 0.25) is 0 Å². The Morgan fingerprint density at radius 3 is 1.97 bits per heavy atom. The van der Waals surface area contributed by atoms with Crippen LogP contribution < -0.4 is 9.64 Å². The van der Waals surface area contributed by atoms with Crippen molar-refractivity contribution in [3.05, 3.63) is 59.2 Å². The summed E-state index contributed by atoms with van der Waals surface area (Å²) in [5.41, 5.74) is 3.45. The van der Waals surface area contributed by atoms with Gasteiger partial charge in [-0.05, 0) is 62.2 Å². The molecule has 0 atom stereocenters. The molecule has 0 N–H and O–H groups in total. The number of benzene rings is 2. The van der Waals surface area contributed by atoms with Crippen LogP contribution in [0, 0.1) is 6.92 Å². The van der Waals surface area contributed by atoms with Gasteiger partial charge < -0.3 is 19.4 Å². The van der Waals surface area contributed by atoms with E-state index in [1.54, 1.807) is 18.1 Å². The molecule has 1 aliphatic rings. The van der Waals surface area contributed by atoms with E-state index in [-0.39, 0.29) is 11.8 Å². The fourth-order valence-corrected chi connectivity index (χ4v) is 3.99. The maximum absolute atomic E-state index is 12.9. The first kappa shape index (κ1) is 22.7. The highest BCUT2D eigenvalue weighted by atomic mass is 16.5. The molecule has 0 radical (unpaired) electrons. The predicted molar refractivity (Wildman–Crippen MR) is 124 cm³/mol. The van der Waals surface area contributed by atoms with Crippen LogP contribution in [0.1, 0.15) is 46.5 Å². The zero-order valence-electron chi connectivity index (χ0n) is 19.1. The quantitative estimate of drug-likeness (QED) is 0.679. The molecule has 0 unspecified atom stereocenters. The van der Waals surface area contributed by atoms with Crippen LogP contribution in [0.15, 0.2) is 42.5 Å². The highest BCUT2D eigenvalue weighted by molar-refractivity contribution is 5.96. The molecule has 0 saturated carbocycles. The van der Waals surface area contributed by atoms with Gasteiger partial charge in [-0.2, -0.15) is 0 Å². The maximum Gasteiger partial charge on any atom is 0.254 e. The molecule has 0 aromatic heterocycles. The first-order valence-electron chi connectivity index (χ1n) is 11.1. The second-order valence-corrected chi connectivity index (χ2v) is 7.90. The molecule has 2 aromatic rings. The minimum absolute atomic E-state index is 0.0224. The van der Waals surface area contributed by atoms with E-state index in [0.29, 0.717) is 43.1 Å². The first-order chi connectivity index (χ1) is 15.0. The molecule has 2 amide bonds. The molecule has 1 aliphatic heterocycles. The third kappa shape index (κ3) is 5.19. The molecule has 6 nitrogen and oxygen atoms in total. The van der Waals surface area contributed by atoms with E-state index in [1.807, 2.05) is 48.2 Å². The topological polar surface area (TPSA) is 53.1 Å². The van der Waals surface area contributed by atoms with Gasteiger partial charge in [-0.1, -0.05) is 13.0 Å². The Hall–Kier alpha value is -3.02. The van der Waals surface area contributed by atoms with Crippen molar-refractivity contribution < 1.29 is 14.3 Å². The Bertz CT molecular complexity index is 903. The van der Waals surface area contributed by atoms with Crippen molar-refractivity contribution in [2.45, 2.75) is 27.2 Å². The van der Waals surface area contributed by atoms with Crippen molar-refractivity contribution in [2.24, 2.45) is 0 Å². The number of hydrogen-bond donors (Lipinski definition) is 0. The number of aryl methyl sites for hydroxylation is 1. The Balaban J connectivity index is 1.60. The lowest BCUT2D eigenvalue weighted by Crippen LogP contribution is -2.50. The summed E-state index contributed by atoms with van der Waals surface area (Å²) in [5, 5.41) is 0. The van der Waals surface area contributed by atoms with Crippen molar-refractivity contribution >= 4 is 17.5 Å². The molecular formula is C25H33N3O3. The highest BCUT2D eigenvalue weighted by Crippen LogP contribution is 2.21. The number of carbonyl (C=O) groups is 2. The van der Waals surface area contributed by atoms with Crippen LogP contribution in [0.25, 0.3) is 0 Å². The number of carbonyl (C=O) groups excluding carboxylic acids is 2. The maximum atomic E-state index is 12.9. The summed E-state index contributed by atoms with van der Waals surface area (Å²) >= 11 is 0. The summed E-state index contributed by atoms with van der Waals surface area (Å²) in [4.78, 5) is 31.7. The lowest BCUT2D eigenvalue weighted by atomic mass is 10.1. The Labute approximate surface area is 185 Å². The predicted octanol–water partition coefficient (Wildman–Crippen LogP) is 3.84. The number of ether oxygens (including phenoxy) is 1. The lowest BCUT2D eigenvalue weighted by molar-refractivity contribution is 0.0535. The Kier molecular flexibility index (Phi) is 7.55. The van der Waals surface area contributed by atoms with E-state index >= 15 is 0 Å². The third-order valence-electron chi connectivity index (χ3n) is 5.86. The summed E-state index contributed by atoms with van der Waals surface area (Å²) in [5.74, 6) is 0.711. The average Bonchev–Trinajstić information content (AvgIpc) is 2.82. The van der Waals surface area contributed by atoms with Gasteiger partial charge in [0.1, 0.15) is 5.75 Å². The second kappa shape index (κ2) is 10.3. The van der Waals surface area contributed by atoms with Crippen LogP contribution in [0.5, 0.6) is 5.75 Å². The van der Waals surface area contributed by atoms with Gasteiger partial charge in [0.05, 0.1) is 7.11 Å². The summed E-state index contributed by atoms with van der Waals surface area (Å²) in [6.07, 6.45) is 1.09. The third-order valence-corrected chi connectivity index (χ3v) is 5.86. The minimum Gasteiger partial charge on any atom is -0.496 e. The molecular weight excluding hydrogens is 390 g/mol. The van der Waals surface area contributed by atoms with E-state index in [4.69, 9.17) is 4.74 Å². The summed E-state index contributed by atoms with van der Waals surface area (Å²) in [7, 11) is 1.61. The SMILES string of the molecule is CCCN(CC)c1ccc(C(=O)N2CCN(C(=O)c3ccc(C)c(OC)c3)CC2)cc1. The van der Waals surface area contributed by atoms with Crippen LogP contribution in [-0.4, -0.2) is 68.0 Å². The fourth-order valence-electron chi connectivity index (χ4n) is 3.99. The Morgan fingerprint density at radius 2 is 1.45 bits per heavy atom. The standard InChI is InChI=1S/C25H33N3O3/c1-5-13-26(6-2)22-11-9-20(10-12-22)24(29)27-14-16-28(17-15-27)25(30)21-8-7-19(3)23(18-21)31-4/h7-12,18H,5-6,13-17H2,1-4H3. The van der Waals surface area contributed by atoms with Gasteiger partial charge in [-0.25, -0.2) is 0 Å². The van der Waals surface area contributed by atoms with Gasteiger partial charge >= 0.3 is 0 Å². The second-order valence-electron chi connectivity index (χ2n) is 7.90. The molecule has 1 fully saturated rings. The highest BCUT2D eigenvalue weighted by Gasteiger charge is 2.26. The van der Waals surface area contributed by atoms with E-state index in [1.165, 1.54) is 0 Å². The number of amides is 2. The molecule has 0 spiro atoms. The van der Waals surface area contributed by atoms with Crippen LogP contribution in [0.3, 0.4) is 0 Å². The molecule has 3 rings (SSSR count). The van der Waals surface area contributed by atoms with Crippen molar-refractivity contribution in [1.29, 1.82) is 0 Å². The van der Waals surface area contributed by atoms with Gasteiger partial charge in [-0.15, -0.1) is 0 Å². The van der Waals surface area contributed by atoms with Crippen LogP contribution in [-0.2, 0) is 0 Å². The van der Waals surface area contributed by atoms with Gasteiger partial charge in [-0.3, -0.25) is 9.59 Å². The normalized spacial score (nSPS) is 13.8. The number of piperazine rings is 1. The van der Waals surface area contributed by atoms with E-state index in [9.17, 15) is 9.59 Å². The number of methoxy groups -OCH3 is 1. The minimum atomic E-state index is -0.0228. The number of nitrogens with zero attached hydrogens (tertiary/aromatic N) is 3. The van der Waals surface area contributed by atoms with E-state index < -0.39 is 0 Å². The summed E-state index contributed by atoms with van der Waals surface area (Å²) in [6, 6.07) is 13.4. The molecule has 166 valence electrons. The largest absolute Gasteiger partial charge is 0.496 e. The van der Waals surface area contributed by atoms with Gasteiger partial charge in [0.2, 0.25) is 0 Å². The van der Waals surface area contributed by atoms with Gasteiger partial charge in [0.15, 0.2) is 0 Å². The van der Waals surface area contributed by atoms with Crippen molar-refractivity contribution in [2.75, 3.05) is 51.3 Å². The Morgan fingerprint density at radius 1 is 0.903 bits per heavy atom. The first-order valence-corrected chi connectivity index (χ1v) is 11.1. The molecule has 6 heteroatoms. The van der Waals surface area contributed by atoms with Crippen molar-refractivity contribution in [3.8, 4) is 5.75 Å². The molecule has 1 saturated heterocycles. The van der Waals surface area contributed by atoms with Crippen molar-refractivity contribution in [3.63, 3.8) is 0 Å². The number of hydrogen-bond acceptors (Lipinski definition) is 4. The zero-order chi connectivity index (χ0) is 22.4. The van der Waals surface area contributed by atoms with E-state index in [0.717, 1.165) is 30.8 Å². The van der Waals surface area contributed by atoms with Crippen LogP contribution >= 0.6 is 0 Å². The number of rotatable bonds is 7. The fraction of sp³-hybridized carbons (Fsp3) is 0.440. The zero-order valence-corrected chi connectivity index (χ0v) is 19.1. The van der Waals surface area contributed by atoms with E-state index in [2.05, 4.69) is 18.7 Å². The molecule has 0 aliphatic carbocycles. The smallest absolute Gasteiger partial charge is 0.254 e. The van der Waals surface area contributed by atoms with Gasteiger partial charge in [0.25, 0.3) is 11.8 Å². The average molecular weight is 424 g/mol. The molecule has 31 heavy (non-hydrogen) atoms.